The van der Waals surface area contributed by atoms with E-state index in [-0.39, 0.29) is 12.2 Å². The van der Waals surface area contributed by atoms with Crippen molar-refractivity contribution in [1.82, 2.24) is 0 Å². The average Bonchev–Trinajstić information content (AvgIpc) is 2.40. The van der Waals surface area contributed by atoms with Crippen LogP contribution in [0.15, 0.2) is 46.9 Å². The van der Waals surface area contributed by atoms with Crippen LogP contribution in [0.3, 0.4) is 0 Å². The molecule has 0 aliphatic heterocycles. The van der Waals surface area contributed by atoms with Crippen LogP contribution in [0.2, 0.25) is 0 Å². The highest BCUT2D eigenvalue weighted by Crippen LogP contribution is 2.30. The molecule has 0 N–H and O–H groups in total. The van der Waals surface area contributed by atoms with Crippen molar-refractivity contribution in [2.75, 3.05) is 6.61 Å². The molecule has 2 rings (SSSR count). The number of hydrogen-bond acceptors (Lipinski definition) is 2. The lowest BCUT2D eigenvalue weighted by Crippen LogP contribution is -2.09. The summed E-state index contributed by atoms with van der Waals surface area (Å²) in [5.74, 6) is -1.23. The molecule has 4 heteroatoms. The lowest BCUT2D eigenvalue weighted by atomic mass is 10.0. The van der Waals surface area contributed by atoms with Crippen LogP contribution in [0.1, 0.15) is 17.3 Å². The Morgan fingerprint density at radius 1 is 1.21 bits per heavy atom. The lowest BCUT2D eigenvalue weighted by molar-refractivity contribution is 0.0520. The second-order valence-corrected chi connectivity index (χ2v) is 4.72. The zero-order chi connectivity index (χ0) is 13.8. The fourth-order valence-corrected chi connectivity index (χ4v) is 2.25. The third-order valence-corrected chi connectivity index (χ3v) is 3.32. The Kier molecular flexibility index (Phi) is 4.32. The minimum Gasteiger partial charge on any atom is -0.462 e. The first kappa shape index (κ1) is 13.7. The molecular formula is C15H12BrFO2. The third-order valence-electron chi connectivity index (χ3n) is 2.66. The molecule has 19 heavy (non-hydrogen) atoms. The smallest absolute Gasteiger partial charge is 0.342 e. The van der Waals surface area contributed by atoms with Crippen molar-refractivity contribution in [1.29, 1.82) is 0 Å². The van der Waals surface area contributed by atoms with E-state index in [1.165, 1.54) is 0 Å². The van der Waals surface area contributed by atoms with E-state index >= 15 is 0 Å². The van der Waals surface area contributed by atoms with Crippen LogP contribution in [0, 0.1) is 5.82 Å². The van der Waals surface area contributed by atoms with Crippen molar-refractivity contribution in [3.63, 3.8) is 0 Å². The van der Waals surface area contributed by atoms with Crippen molar-refractivity contribution < 1.29 is 13.9 Å². The van der Waals surface area contributed by atoms with Crippen molar-refractivity contribution in [3.05, 3.63) is 58.3 Å². The Hall–Kier alpha value is -1.68. The fraction of sp³-hybridized carbons (Fsp3) is 0.133. The van der Waals surface area contributed by atoms with E-state index in [9.17, 15) is 9.18 Å². The Morgan fingerprint density at radius 2 is 1.89 bits per heavy atom. The van der Waals surface area contributed by atoms with Crippen molar-refractivity contribution in [3.8, 4) is 11.1 Å². The molecule has 0 heterocycles. The number of hydrogen-bond donors (Lipinski definition) is 0. The van der Waals surface area contributed by atoms with Crippen LogP contribution in [0.5, 0.6) is 0 Å². The Labute approximate surface area is 119 Å². The van der Waals surface area contributed by atoms with Gasteiger partial charge in [0.1, 0.15) is 11.4 Å². The van der Waals surface area contributed by atoms with Crippen molar-refractivity contribution >= 4 is 21.9 Å². The summed E-state index contributed by atoms with van der Waals surface area (Å²) < 4.78 is 19.7. The van der Waals surface area contributed by atoms with Gasteiger partial charge in [0, 0.05) is 10.0 Å². The SMILES string of the molecule is CCOC(=O)c1c(Br)ccc(-c2ccccc2)c1F. The molecule has 0 atom stereocenters. The highest BCUT2D eigenvalue weighted by atomic mass is 79.9. The molecular weight excluding hydrogens is 311 g/mol. The first-order valence-corrected chi connectivity index (χ1v) is 6.65. The highest BCUT2D eigenvalue weighted by molar-refractivity contribution is 9.10. The number of rotatable bonds is 3. The van der Waals surface area contributed by atoms with Gasteiger partial charge in [-0.3, -0.25) is 0 Å². The van der Waals surface area contributed by atoms with Gasteiger partial charge in [-0.15, -0.1) is 0 Å². The molecule has 0 bridgehead atoms. The normalized spacial score (nSPS) is 10.3. The zero-order valence-electron chi connectivity index (χ0n) is 10.3. The standard InChI is InChI=1S/C15H12BrFO2/c1-2-19-15(18)13-12(16)9-8-11(14(13)17)10-6-4-3-5-7-10/h3-9H,2H2,1H3. The van der Waals surface area contributed by atoms with E-state index < -0.39 is 11.8 Å². The van der Waals surface area contributed by atoms with Gasteiger partial charge in [-0.1, -0.05) is 36.4 Å². The van der Waals surface area contributed by atoms with E-state index in [1.54, 1.807) is 31.2 Å². The Bertz CT molecular complexity index is 597. The van der Waals surface area contributed by atoms with Crippen molar-refractivity contribution in [2.45, 2.75) is 6.92 Å². The summed E-state index contributed by atoms with van der Waals surface area (Å²) in [5, 5.41) is 0. The monoisotopic (exact) mass is 322 g/mol. The zero-order valence-corrected chi connectivity index (χ0v) is 11.9. The second kappa shape index (κ2) is 5.97. The molecule has 0 radical (unpaired) electrons. The van der Waals surface area contributed by atoms with Gasteiger partial charge in [-0.05, 0) is 34.5 Å². The molecule has 0 aliphatic carbocycles. The summed E-state index contributed by atoms with van der Waals surface area (Å²) in [6, 6.07) is 12.4. The highest BCUT2D eigenvalue weighted by Gasteiger charge is 2.20. The largest absolute Gasteiger partial charge is 0.462 e. The minimum atomic E-state index is -0.662. The number of carbonyl (C=O) groups is 1. The molecule has 0 saturated carbocycles. The maximum absolute atomic E-state index is 14.5. The number of halogens is 2. The molecule has 2 nitrogen and oxygen atoms in total. The van der Waals surface area contributed by atoms with Crippen LogP contribution in [0.25, 0.3) is 11.1 Å². The molecule has 2 aromatic rings. The fourth-order valence-electron chi connectivity index (χ4n) is 1.78. The van der Waals surface area contributed by atoms with E-state index in [0.29, 0.717) is 10.0 Å². The van der Waals surface area contributed by atoms with Crippen LogP contribution in [-0.2, 0) is 4.74 Å². The van der Waals surface area contributed by atoms with Crippen LogP contribution in [-0.4, -0.2) is 12.6 Å². The minimum absolute atomic E-state index is 0.0665. The maximum atomic E-state index is 14.5. The third kappa shape index (κ3) is 2.84. The number of ether oxygens (including phenoxy) is 1. The Morgan fingerprint density at radius 3 is 2.53 bits per heavy atom. The van der Waals surface area contributed by atoms with Gasteiger partial charge in [0.15, 0.2) is 0 Å². The average molecular weight is 323 g/mol. The van der Waals surface area contributed by atoms with Crippen LogP contribution < -0.4 is 0 Å². The Balaban J connectivity index is 2.55. The predicted octanol–water partition coefficient (Wildman–Crippen LogP) is 4.43. The van der Waals surface area contributed by atoms with Gasteiger partial charge in [0.05, 0.1) is 6.61 Å². The van der Waals surface area contributed by atoms with Gasteiger partial charge in [-0.25, -0.2) is 9.18 Å². The van der Waals surface area contributed by atoms with Crippen molar-refractivity contribution in [2.24, 2.45) is 0 Å². The molecule has 0 saturated heterocycles. The molecule has 0 unspecified atom stereocenters. The topological polar surface area (TPSA) is 26.3 Å². The van der Waals surface area contributed by atoms with E-state index in [1.807, 2.05) is 18.2 Å². The van der Waals surface area contributed by atoms with Gasteiger partial charge >= 0.3 is 5.97 Å². The molecule has 0 aliphatic rings. The summed E-state index contributed by atoms with van der Waals surface area (Å²) >= 11 is 3.18. The summed E-state index contributed by atoms with van der Waals surface area (Å²) in [6.45, 7) is 1.89. The quantitative estimate of drug-likeness (QED) is 0.781. The van der Waals surface area contributed by atoms with Gasteiger partial charge in [0.2, 0.25) is 0 Å². The maximum Gasteiger partial charge on any atom is 0.342 e. The van der Waals surface area contributed by atoms with E-state index in [4.69, 9.17) is 4.74 Å². The predicted molar refractivity (Wildman–Crippen MR) is 75.5 cm³/mol. The van der Waals surface area contributed by atoms with E-state index in [0.717, 1.165) is 5.56 Å². The van der Waals surface area contributed by atoms with Gasteiger partial charge in [-0.2, -0.15) is 0 Å². The molecule has 0 amide bonds. The number of benzene rings is 2. The van der Waals surface area contributed by atoms with Gasteiger partial charge in [0.25, 0.3) is 0 Å². The molecule has 0 spiro atoms. The summed E-state index contributed by atoms with van der Waals surface area (Å²) in [4.78, 5) is 11.8. The summed E-state index contributed by atoms with van der Waals surface area (Å²) in [6.07, 6.45) is 0. The van der Waals surface area contributed by atoms with Gasteiger partial charge < -0.3 is 4.74 Å². The molecule has 2 aromatic carbocycles. The van der Waals surface area contributed by atoms with E-state index in [2.05, 4.69) is 15.9 Å². The lowest BCUT2D eigenvalue weighted by Gasteiger charge is -2.10. The number of esters is 1. The first-order chi connectivity index (χ1) is 9.15. The molecule has 98 valence electrons. The number of carbonyl (C=O) groups excluding carboxylic acids is 1. The summed E-state index contributed by atoms with van der Waals surface area (Å²) in [7, 11) is 0. The first-order valence-electron chi connectivity index (χ1n) is 5.85. The van der Waals surface area contributed by atoms with Crippen LogP contribution >= 0.6 is 15.9 Å². The molecule has 0 fully saturated rings. The molecule has 0 aromatic heterocycles. The second-order valence-electron chi connectivity index (χ2n) is 3.87. The summed E-state index contributed by atoms with van der Waals surface area (Å²) in [5.41, 5.74) is 1.04. The van der Waals surface area contributed by atoms with Crippen LogP contribution in [0.4, 0.5) is 4.39 Å².